The van der Waals surface area contributed by atoms with Crippen molar-refractivity contribution >= 4 is 37.4 Å². The molecule has 144 valence electrons. The topological polar surface area (TPSA) is 66.8 Å². The Balaban J connectivity index is 0.00000364. The summed E-state index contributed by atoms with van der Waals surface area (Å²) in [5.74, 6) is 0. The van der Waals surface area contributed by atoms with Crippen molar-refractivity contribution in [3.8, 4) is 0 Å². The van der Waals surface area contributed by atoms with Gasteiger partial charge in [0.2, 0.25) is 0 Å². The number of hydrogen-bond acceptors (Lipinski definition) is 2. The Kier molecular flexibility index (Phi) is 9.95. The van der Waals surface area contributed by atoms with Crippen LogP contribution in [-0.2, 0) is 34.8 Å². The summed E-state index contributed by atoms with van der Waals surface area (Å²) >= 11 is 0. The molecule has 0 atom stereocenters. The predicted molar refractivity (Wildman–Crippen MR) is 113 cm³/mol. The molecular formula is C21H30NaO4P. The van der Waals surface area contributed by atoms with Gasteiger partial charge in [0, 0.05) is 0 Å². The second kappa shape index (κ2) is 10.9. The number of aryl methyl sites for hydroxylation is 4. The molecule has 0 saturated heterocycles. The van der Waals surface area contributed by atoms with Crippen LogP contribution in [0.4, 0.5) is 0 Å². The maximum absolute atomic E-state index is 11.7. The SMILES string of the molecule is CCc1ccc(C(OP(=O)(O)O)c2ccc(CC)cc2CC)c(CC)c1.[NaH]. The van der Waals surface area contributed by atoms with Crippen molar-refractivity contribution in [2.45, 2.75) is 59.5 Å². The maximum atomic E-state index is 11.7. The zero-order valence-electron chi connectivity index (χ0n) is 16.0. The third-order valence-corrected chi connectivity index (χ3v) is 5.29. The van der Waals surface area contributed by atoms with Gasteiger partial charge in [-0.25, -0.2) is 4.57 Å². The summed E-state index contributed by atoms with van der Waals surface area (Å²) in [6, 6.07) is 12.1. The van der Waals surface area contributed by atoms with Crippen molar-refractivity contribution in [3.05, 3.63) is 69.8 Å². The van der Waals surface area contributed by atoms with Gasteiger partial charge in [0.05, 0.1) is 0 Å². The number of phosphoric acid groups is 1. The second-order valence-corrected chi connectivity index (χ2v) is 7.65. The Labute approximate surface area is 184 Å². The fourth-order valence-corrected chi connectivity index (χ4v) is 3.80. The Morgan fingerprint density at radius 3 is 1.52 bits per heavy atom. The van der Waals surface area contributed by atoms with E-state index in [4.69, 9.17) is 4.52 Å². The fraction of sp³-hybridized carbons (Fsp3) is 0.429. The average molecular weight is 400 g/mol. The van der Waals surface area contributed by atoms with Crippen LogP contribution in [0.5, 0.6) is 0 Å². The van der Waals surface area contributed by atoms with Crippen molar-refractivity contribution < 1.29 is 18.9 Å². The van der Waals surface area contributed by atoms with E-state index in [2.05, 4.69) is 26.0 Å². The van der Waals surface area contributed by atoms with E-state index in [1.165, 1.54) is 11.1 Å². The van der Waals surface area contributed by atoms with Gasteiger partial charge in [0.15, 0.2) is 0 Å². The molecule has 0 spiro atoms. The van der Waals surface area contributed by atoms with Crippen LogP contribution in [0.3, 0.4) is 0 Å². The first-order valence-corrected chi connectivity index (χ1v) is 10.8. The first kappa shape index (κ1) is 24.6. The van der Waals surface area contributed by atoms with E-state index in [1.54, 1.807) is 0 Å². The van der Waals surface area contributed by atoms with E-state index >= 15 is 0 Å². The van der Waals surface area contributed by atoms with Crippen molar-refractivity contribution in [3.63, 3.8) is 0 Å². The second-order valence-electron chi connectivity index (χ2n) is 6.46. The van der Waals surface area contributed by atoms with Crippen LogP contribution in [0.1, 0.15) is 67.2 Å². The summed E-state index contributed by atoms with van der Waals surface area (Å²) in [4.78, 5) is 19.1. The van der Waals surface area contributed by atoms with E-state index in [1.807, 2.05) is 38.1 Å². The molecule has 27 heavy (non-hydrogen) atoms. The molecule has 0 aliphatic carbocycles. The zero-order valence-corrected chi connectivity index (χ0v) is 16.9. The number of rotatable bonds is 8. The fourth-order valence-electron chi connectivity index (χ4n) is 3.30. The molecule has 0 radical (unpaired) electrons. The van der Waals surface area contributed by atoms with E-state index in [0.29, 0.717) is 0 Å². The zero-order chi connectivity index (χ0) is 19.3. The van der Waals surface area contributed by atoms with Crippen LogP contribution in [0, 0.1) is 0 Å². The molecule has 0 unspecified atom stereocenters. The number of phosphoric ester groups is 1. The molecule has 0 heterocycles. The summed E-state index contributed by atoms with van der Waals surface area (Å²) in [5, 5.41) is 0. The summed E-state index contributed by atoms with van der Waals surface area (Å²) in [7, 11) is -4.65. The molecule has 0 saturated carbocycles. The first-order chi connectivity index (χ1) is 12.3. The minimum atomic E-state index is -4.65. The van der Waals surface area contributed by atoms with E-state index < -0.39 is 13.9 Å². The number of benzene rings is 2. The van der Waals surface area contributed by atoms with Crippen molar-refractivity contribution in [2.24, 2.45) is 0 Å². The van der Waals surface area contributed by atoms with Crippen LogP contribution in [0.15, 0.2) is 36.4 Å². The monoisotopic (exact) mass is 400 g/mol. The summed E-state index contributed by atoms with van der Waals surface area (Å²) < 4.78 is 17.0. The molecule has 0 aromatic heterocycles. The van der Waals surface area contributed by atoms with Gasteiger partial charge in [-0.15, -0.1) is 0 Å². The Morgan fingerprint density at radius 2 is 1.22 bits per heavy atom. The molecule has 0 amide bonds. The molecule has 4 nitrogen and oxygen atoms in total. The Morgan fingerprint density at radius 1 is 0.815 bits per heavy atom. The molecule has 6 heteroatoms. The van der Waals surface area contributed by atoms with Crippen molar-refractivity contribution in [1.29, 1.82) is 0 Å². The van der Waals surface area contributed by atoms with E-state index in [0.717, 1.165) is 47.9 Å². The van der Waals surface area contributed by atoms with Gasteiger partial charge < -0.3 is 9.79 Å². The molecule has 2 aromatic carbocycles. The molecule has 0 bridgehead atoms. The van der Waals surface area contributed by atoms with Gasteiger partial charge in [0.25, 0.3) is 0 Å². The standard InChI is InChI=1S/C21H29O4P.Na.H/c1-5-15-9-11-19(17(7-3)13-15)21(25-26(22,23)24)20-12-10-16(6-2)14-18(20)8-4;;/h9-14,21H,5-8H2,1-4H3,(H2,22,23,24);;. The van der Waals surface area contributed by atoms with E-state index in [9.17, 15) is 14.4 Å². The molecule has 2 N–H and O–H groups in total. The van der Waals surface area contributed by atoms with Gasteiger partial charge in [-0.2, -0.15) is 0 Å². The summed E-state index contributed by atoms with van der Waals surface area (Å²) in [6.07, 6.45) is 2.61. The van der Waals surface area contributed by atoms with Gasteiger partial charge in [0.1, 0.15) is 6.10 Å². The Bertz CT molecular complexity index is 745. The average Bonchev–Trinajstić information content (AvgIpc) is 2.64. The van der Waals surface area contributed by atoms with Crippen LogP contribution >= 0.6 is 7.82 Å². The third kappa shape index (κ3) is 6.54. The molecular weight excluding hydrogens is 370 g/mol. The summed E-state index contributed by atoms with van der Waals surface area (Å²) in [5.41, 5.74) is 6.18. The van der Waals surface area contributed by atoms with Crippen molar-refractivity contribution in [1.82, 2.24) is 0 Å². The normalized spacial score (nSPS) is 11.5. The van der Waals surface area contributed by atoms with Crippen LogP contribution < -0.4 is 0 Å². The molecule has 2 rings (SSSR count). The quantitative estimate of drug-likeness (QED) is 0.506. The van der Waals surface area contributed by atoms with Crippen molar-refractivity contribution in [2.75, 3.05) is 0 Å². The molecule has 2 aromatic rings. The minimum absolute atomic E-state index is 0. The molecule has 0 fully saturated rings. The predicted octanol–water partition coefficient (Wildman–Crippen LogP) is 4.49. The van der Waals surface area contributed by atoms with Gasteiger partial charge in [-0.3, -0.25) is 4.52 Å². The first-order valence-electron chi connectivity index (χ1n) is 9.30. The third-order valence-electron chi connectivity index (χ3n) is 4.80. The van der Waals surface area contributed by atoms with Crippen LogP contribution in [-0.4, -0.2) is 39.3 Å². The Hall–Kier alpha value is -0.450. The molecule has 0 aliphatic heterocycles. The van der Waals surface area contributed by atoms with Gasteiger partial charge in [-0.05, 0) is 59.1 Å². The number of hydrogen-bond donors (Lipinski definition) is 2. The van der Waals surface area contributed by atoms with E-state index in [-0.39, 0.29) is 29.6 Å². The molecule has 0 aliphatic rings. The van der Waals surface area contributed by atoms with Gasteiger partial charge >= 0.3 is 37.4 Å². The van der Waals surface area contributed by atoms with Crippen LogP contribution in [0.2, 0.25) is 0 Å². The van der Waals surface area contributed by atoms with Gasteiger partial charge in [-0.1, -0.05) is 64.1 Å². The summed E-state index contributed by atoms with van der Waals surface area (Å²) in [6.45, 7) is 8.29. The van der Waals surface area contributed by atoms with Crippen LogP contribution in [0.25, 0.3) is 0 Å².